The van der Waals surface area contributed by atoms with Crippen molar-refractivity contribution < 1.29 is 9.53 Å². The highest BCUT2D eigenvalue weighted by Gasteiger charge is 2.30. The van der Waals surface area contributed by atoms with Gasteiger partial charge in [0.15, 0.2) is 5.65 Å². The molecule has 4 heterocycles. The first-order valence-corrected chi connectivity index (χ1v) is 13.1. The van der Waals surface area contributed by atoms with Crippen molar-refractivity contribution in [3.63, 3.8) is 0 Å². The number of aromatic nitrogens is 5. The van der Waals surface area contributed by atoms with Gasteiger partial charge in [0.2, 0.25) is 5.91 Å². The molecule has 1 aliphatic rings. The number of benzene rings is 2. The summed E-state index contributed by atoms with van der Waals surface area (Å²) in [5.41, 5.74) is 8.54. The smallest absolute Gasteiger partial charge is 0.246 e. The summed E-state index contributed by atoms with van der Waals surface area (Å²) < 4.78 is 7.82. The van der Waals surface area contributed by atoms with Crippen molar-refractivity contribution in [2.75, 3.05) is 30.7 Å². The van der Waals surface area contributed by atoms with Gasteiger partial charge in [-0.1, -0.05) is 30.3 Å². The number of amides is 1. The van der Waals surface area contributed by atoms with Crippen molar-refractivity contribution in [3.05, 3.63) is 97.5 Å². The van der Waals surface area contributed by atoms with Gasteiger partial charge in [-0.15, -0.1) is 0 Å². The Labute approximate surface area is 231 Å². The summed E-state index contributed by atoms with van der Waals surface area (Å²) in [6, 6.07) is 22.9. The van der Waals surface area contributed by atoms with Crippen LogP contribution in [0.1, 0.15) is 12.5 Å². The lowest BCUT2D eigenvalue weighted by molar-refractivity contribution is -0.125. The van der Waals surface area contributed by atoms with Crippen molar-refractivity contribution in [1.29, 1.82) is 0 Å². The van der Waals surface area contributed by atoms with E-state index in [2.05, 4.69) is 20.3 Å². The highest BCUT2D eigenvalue weighted by atomic mass is 16.5. The van der Waals surface area contributed by atoms with E-state index in [9.17, 15) is 4.79 Å². The van der Waals surface area contributed by atoms with Gasteiger partial charge in [0.1, 0.15) is 35.2 Å². The Bertz CT molecular complexity index is 1640. The molecule has 1 amide bonds. The van der Waals surface area contributed by atoms with Crippen LogP contribution in [0.4, 0.5) is 11.6 Å². The van der Waals surface area contributed by atoms with E-state index in [-0.39, 0.29) is 11.9 Å². The summed E-state index contributed by atoms with van der Waals surface area (Å²) in [6.07, 6.45) is 7.34. The molecule has 1 aliphatic heterocycles. The van der Waals surface area contributed by atoms with Crippen LogP contribution >= 0.6 is 0 Å². The molecule has 0 radical (unpaired) electrons. The number of fused-ring (bicyclic) bond motifs is 1. The number of nitrogens with zero attached hydrogens (tertiary/aromatic N) is 6. The topological polar surface area (TPSA) is 124 Å². The van der Waals surface area contributed by atoms with Crippen LogP contribution in [0, 0.1) is 0 Å². The van der Waals surface area contributed by atoms with Crippen molar-refractivity contribution in [2.24, 2.45) is 0 Å². The standard InChI is InChI=1S/C30H28N8O2/c31-29-27-28(21-11-13-24(14-12-21)40-23-7-2-1-3-8-23)36-38(30(27)35-20-34-29)22-15-18-37(19-22)26(39)10-6-17-33-25-9-4-5-16-32-25/h1-14,16,20,22H,15,17-19H2,(H,32,33)(H2,31,34,35)/t22-/m1/s1. The zero-order valence-electron chi connectivity index (χ0n) is 21.7. The molecule has 0 aliphatic carbocycles. The first kappa shape index (κ1) is 25.1. The van der Waals surface area contributed by atoms with Crippen molar-refractivity contribution >= 4 is 28.6 Å². The van der Waals surface area contributed by atoms with Crippen LogP contribution in [0.15, 0.2) is 97.5 Å². The zero-order valence-corrected chi connectivity index (χ0v) is 21.7. The number of carbonyl (C=O) groups is 1. The highest BCUT2D eigenvalue weighted by Crippen LogP contribution is 2.35. The molecule has 40 heavy (non-hydrogen) atoms. The van der Waals surface area contributed by atoms with Gasteiger partial charge in [-0.2, -0.15) is 5.10 Å². The predicted molar refractivity (Wildman–Crippen MR) is 154 cm³/mol. The molecule has 10 nitrogen and oxygen atoms in total. The Hall–Kier alpha value is -5.25. The lowest BCUT2D eigenvalue weighted by atomic mass is 10.1. The molecule has 0 saturated carbocycles. The summed E-state index contributed by atoms with van der Waals surface area (Å²) in [6.45, 7) is 1.67. The maximum absolute atomic E-state index is 12.8. The van der Waals surface area contributed by atoms with Crippen molar-refractivity contribution in [3.8, 4) is 22.8 Å². The van der Waals surface area contributed by atoms with Gasteiger partial charge in [-0.05, 0) is 55.0 Å². The lowest BCUT2D eigenvalue weighted by Gasteiger charge is -2.15. The van der Waals surface area contributed by atoms with Crippen molar-refractivity contribution in [1.82, 2.24) is 29.6 Å². The van der Waals surface area contributed by atoms with Gasteiger partial charge >= 0.3 is 0 Å². The second-order valence-corrected chi connectivity index (χ2v) is 9.42. The number of nitrogens with one attached hydrogen (secondary N) is 1. The van der Waals surface area contributed by atoms with Crippen LogP contribution in [0.3, 0.4) is 0 Å². The number of pyridine rings is 1. The molecule has 6 rings (SSSR count). The number of hydrogen-bond donors (Lipinski definition) is 2. The molecule has 1 saturated heterocycles. The maximum atomic E-state index is 12.8. The molecule has 200 valence electrons. The third-order valence-corrected chi connectivity index (χ3v) is 6.77. The van der Waals surface area contributed by atoms with Gasteiger partial charge in [-0.3, -0.25) is 4.79 Å². The Morgan fingerprint density at radius 2 is 1.80 bits per heavy atom. The zero-order chi connectivity index (χ0) is 27.3. The van der Waals surface area contributed by atoms with E-state index in [1.807, 2.05) is 88.5 Å². The largest absolute Gasteiger partial charge is 0.457 e. The number of anilines is 2. The van der Waals surface area contributed by atoms with Crippen LogP contribution in [0.25, 0.3) is 22.3 Å². The van der Waals surface area contributed by atoms with Gasteiger partial charge in [0.25, 0.3) is 0 Å². The number of nitrogen functional groups attached to an aromatic ring is 1. The number of likely N-dealkylation sites (tertiary alicyclic amines) is 1. The van der Waals surface area contributed by atoms with Crippen LogP contribution < -0.4 is 15.8 Å². The first-order chi connectivity index (χ1) is 19.7. The molecular weight excluding hydrogens is 504 g/mol. The fourth-order valence-corrected chi connectivity index (χ4v) is 4.80. The van der Waals surface area contributed by atoms with Crippen LogP contribution in [0.2, 0.25) is 0 Å². The lowest BCUT2D eigenvalue weighted by Crippen LogP contribution is -2.27. The minimum atomic E-state index is -0.0369. The summed E-state index contributed by atoms with van der Waals surface area (Å²) in [5.74, 6) is 2.58. The predicted octanol–water partition coefficient (Wildman–Crippen LogP) is 4.70. The minimum Gasteiger partial charge on any atom is -0.457 e. The van der Waals surface area contributed by atoms with Gasteiger partial charge < -0.3 is 20.7 Å². The molecule has 1 fully saturated rings. The van der Waals surface area contributed by atoms with Crippen LogP contribution in [-0.2, 0) is 4.79 Å². The minimum absolute atomic E-state index is 0.0322. The molecule has 0 spiro atoms. The van der Waals surface area contributed by atoms with E-state index in [1.165, 1.54) is 6.33 Å². The third-order valence-electron chi connectivity index (χ3n) is 6.77. The number of ether oxygens (including phenoxy) is 1. The molecule has 10 heteroatoms. The monoisotopic (exact) mass is 532 g/mol. The summed E-state index contributed by atoms with van der Waals surface area (Å²) in [7, 11) is 0. The number of rotatable bonds is 8. The molecule has 0 unspecified atom stereocenters. The molecule has 0 bridgehead atoms. The maximum Gasteiger partial charge on any atom is 0.246 e. The Morgan fingerprint density at radius 3 is 2.60 bits per heavy atom. The quantitative estimate of drug-likeness (QED) is 0.276. The average molecular weight is 533 g/mol. The van der Waals surface area contributed by atoms with E-state index >= 15 is 0 Å². The first-order valence-electron chi connectivity index (χ1n) is 13.1. The van der Waals surface area contributed by atoms with E-state index in [0.29, 0.717) is 42.2 Å². The summed E-state index contributed by atoms with van der Waals surface area (Å²) in [5, 5.41) is 8.81. The average Bonchev–Trinajstić information content (AvgIpc) is 3.63. The normalized spacial score (nSPS) is 15.1. The molecule has 3 aromatic heterocycles. The van der Waals surface area contributed by atoms with Crippen molar-refractivity contribution in [2.45, 2.75) is 12.5 Å². The summed E-state index contributed by atoms with van der Waals surface area (Å²) in [4.78, 5) is 27.6. The Kier molecular flexibility index (Phi) is 7.04. The molecule has 2 aromatic carbocycles. The molecule has 3 N–H and O–H groups in total. The van der Waals surface area contributed by atoms with E-state index < -0.39 is 0 Å². The Morgan fingerprint density at radius 1 is 1.00 bits per heavy atom. The highest BCUT2D eigenvalue weighted by molar-refractivity contribution is 5.98. The number of carbonyl (C=O) groups excluding carboxylic acids is 1. The Balaban J connectivity index is 1.18. The van der Waals surface area contributed by atoms with Crippen LogP contribution in [-0.4, -0.2) is 55.2 Å². The molecular formula is C30H28N8O2. The molecule has 1 atom stereocenters. The fourth-order valence-electron chi connectivity index (χ4n) is 4.80. The van der Waals surface area contributed by atoms with E-state index in [0.717, 1.165) is 29.3 Å². The second kappa shape index (κ2) is 11.2. The van der Waals surface area contributed by atoms with Gasteiger partial charge in [0.05, 0.1) is 11.4 Å². The van der Waals surface area contributed by atoms with Gasteiger partial charge in [0, 0.05) is 37.5 Å². The number of nitrogens with two attached hydrogens (primary N) is 1. The number of hydrogen-bond acceptors (Lipinski definition) is 8. The fraction of sp³-hybridized carbons (Fsp3) is 0.167. The molecule has 5 aromatic rings. The SMILES string of the molecule is Nc1ncnc2c1c(-c1ccc(Oc3ccccc3)cc1)nn2[C@@H]1CCN(C(=O)C=CCNc2ccccn2)C1. The van der Waals surface area contributed by atoms with Gasteiger partial charge in [-0.25, -0.2) is 19.6 Å². The second-order valence-electron chi connectivity index (χ2n) is 9.42. The van der Waals surface area contributed by atoms with Crippen LogP contribution in [0.5, 0.6) is 11.5 Å². The van der Waals surface area contributed by atoms with E-state index in [1.54, 1.807) is 12.3 Å². The number of para-hydroxylation sites is 1. The third kappa shape index (κ3) is 5.32. The van der Waals surface area contributed by atoms with E-state index in [4.69, 9.17) is 15.6 Å². The summed E-state index contributed by atoms with van der Waals surface area (Å²) >= 11 is 0.